The van der Waals surface area contributed by atoms with E-state index in [0.29, 0.717) is 0 Å². The van der Waals surface area contributed by atoms with Gasteiger partial charge in [0.1, 0.15) is 24.4 Å². The van der Waals surface area contributed by atoms with Gasteiger partial charge in [0.2, 0.25) is 0 Å². The van der Waals surface area contributed by atoms with E-state index in [2.05, 4.69) is 4.74 Å². The highest BCUT2D eigenvalue weighted by molar-refractivity contribution is 5.75. The van der Waals surface area contributed by atoms with Gasteiger partial charge in [-0.1, -0.05) is 0 Å². The van der Waals surface area contributed by atoms with Crippen LogP contribution in [0, 0.1) is 0 Å². The second-order valence-corrected chi connectivity index (χ2v) is 3.27. The van der Waals surface area contributed by atoms with Crippen LogP contribution in [-0.2, 0) is 14.3 Å². The van der Waals surface area contributed by atoms with Gasteiger partial charge >= 0.3 is 5.97 Å². The lowest BCUT2D eigenvalue weighted by Crippen LogP contribution is -2.60. The summed E-state index contributed by atoms with van der Waals surface area (Å²) in [4.78, 5) is 11.1. The lowest BCUT2D eigenvalue weighted by atomic mass is 9.95. The number of hydrogen-bond donors (Lipinski definition) is 4. The maximum absolute atomic E-state index is 11.1. The van der Waals surface area contributed by atoms with Gasteiger partial charge in [-0.2, -0.15) is 0 Å². The minimum atomic E-state index is -1.57. The van der Waals surface area contributed by atoms with Crippen molar-refractivity contribution in [2.45, 2.75) is 30.5 Å². The highest BCUT2D eigenvalue weighted by Crippen LogP contribution is 2.21. The van der Waals surface area contributed by atoms with Gasteiger partial charge in [0.15, 0.2) is 6.10 Å². The van der Waals surface area contributed by atoms with Crippen molar-refractivity contribution in [3.8, 4) is 0 Å². The van der Waals surface area contributed by atoms with E-state index in [-0.39, 0.29) is 0 Å². The second-order valence-electron chi connectivity index (χ2n) is 3.27. The van der Waals surface area contributed by atoms with Crippen LogP contribution in [0.25, 0.3) is 0 Å². The highest BCUT2D eigenvalue weighted by atomic mass is 16.6. The normalized spacial score (nSPS) is 41.3. The lowest BCUT2D eigenvalue weighted by molar-refractivity contribution is -0.234. The van der Waals surface area contributed by atoms with E-state index in [0.717, 1.165) is 7.11 Å². The molecule has 0 spiro atoms. The average molecular weight is 222 g/mol. The molecule has 1 saturated heterocycles. The van der Waals surface area contributed by atoms with Crippen molar-refractivity contribution >= 4 is 5.97 Å². The largest absolute Gasteiger partial charge is 0.467 e. The van der Waals surface area contributed by atoms with Crippen molar-refractivity contribution in [2.75, 3.05) is 13.7 Å². The maximum Gasteiger partial charge on any atom is 0.337 e. The number of hydrogen-bond acceptors (Lipinski definition) is 7. The fourth-order valence-corrected chi connectivity index (χ4v) is 1.41. The average Bonchev–Trinajstić information content (AvgIpc) is 2.25. The standard InChI is InChI=1S/C8H14O7/c1-14-8(13)7-6(12)5(11)4(10)3(2-9)15-7/h3-7,9-12H,2H2,1H3/t3-,4-,5+,6-,7-/m1/s1. The van der Waals surface area contributed by atoms with Crippen molar-refractivity contribution in [2.24, 2.45) is 0 Å². The topological polar surface area (TPSA) is 116 Å². The van der Waals surface area contributed by atoms with Crippen LogP contribution in [-0.4, -0.2) is 70.6 Å². The Morgan fingerprint density at radius 2 is 1.87 bits per heavy atom. The molecule has 0 unspecified atom stereocenters. The third-order valence-electron chi connectivity index (χ3n) is 2.33. The number of rotatable bonds is 2. The summed E-state index contributed by atoms with van der Waals surface area (Å²) in [6, 6.07) is 0. The van der Waals surface area contributed by atoms with E-state index in [1.165, 1.54) is 0 Å². The van der Waals surface area contributed by atoms with E-state index in [9.17, 15) is 20.1 Å². The van der Waals surface area contributed by atoms with Crippen LogP contribution < -0.4 is 0 Å². The van der Waals surface area contributed by atoms with Crippen LogP contribution in [0.15, 0.2) is 0 Å². The van der Waals surface area contributed by atoms with Crippen LogP contribution >= 0.6 is 0 Å². The van der Waals surface area contributed by atoms with Crippen molar-refractivity contribution < 1.29 is 34.7 Å². The Morgan fingerprint density at radius 1 is 1.27 bits per heavy atom. The first-order valence-electron chi connectivity index (χ1n) is 4.41. The number of esters is 1. The maximum atomic E-state index is 11.1. The monoisotopic (exact) mass is 222 g/mol. The summed E-state index contributed by atoms with van der Waals surface area (Å²) in [5.41, 5.74) is 0. The van der Waals surface area contributed by atoms with Crippen LogP contribution in [0.5, 0.6) is 0 Å². The van der Waals surface area contributed by atoms with E-state index < -0.39 is 43.1 Å². The summed E-state index contributed by atoms with van der Waals surface area (Å²) in [7, 11) is 1.10. The highest BCUT2D eigenvalue weighted by Gasteiger charge is 2.46. The molecule has 1 fully saturated rings. The van der Waals surface area contributed by atoms with Gasteiger partial charge < -0.3 is 29.9 Å². The molecule has 0 aromatic heterocycles. The Bertz CT molecular complexity index is 229. The molecule has 0 aromatic rings. The van der Waals surface area contributed by atoms with E-state index >= 15 is 0 Å². The zero-order valence-electron chi connectivity index (χ0n) is 8.11. The summed E-state index contributed by atoms with van der Waals surface area (Å²) >= 11 is 0. The van der Waals surface area contributed by atoms with Crippen LogP contribution in [0.4, 0.5) is 0 Å². The quantitative estimate of drug-likeness (QED) is 0.368. The number of ether oxygens (including phenoxy) is 2. The first-order valence-corrected chi connectivity index (χ1v) is 4.41. The zero-order chi connectivity index (χ0) is 11.6. The Labute approximate surface area is 85.9 Å². The fourth-order valence-electron chi connectivity index (χ4n) is 1.41. The molecule has 0 bridgehead atoms. The first-order chi connectivity index (χ1) is 7.02. The number of aliphatic hydroxyl groups is 4. The smallest absolute Gasteiger partial charge is 0.337 e. The molecular weight excluding hydrogens is 208 g/mol. The summed E-state index contributed by atoms with van der Waals surface area (Å²) < 4.78 is 9.24. The van der Waals surface area contributed by atoms with Gasteiger partial charge in [-0.3, -0.25) is 0 Å². The summed E-state index contributed by atoms with van der Waals surface area (Å²) in [5.74, 6) is -0.869. The van der Waals surface area contributed by atoms with Crippen LogP contribution in [0.2, 0.25) is 0 Å². The van der Waals surface area contributed by atoms with Crippen LogP contribution in [0.1, 0.15) is 0 Å². The number of methoxy groups -OCH3 is 1. The predicted octanol–water partition coefficient (Wildman–Crippen LogP) is -3.00. The molecule has 0 aromatic carbocycles. The zero-order valence-corrected chi connectivity index (χ0v) is 8.11. The molecule has 1 heterocycles. The van der Waals surface area contributed by atoms with Gasteiger partial charge in [0.05, 0.1) is 13.7 Å². The molecule has 1 aliphatic heterocycles. The van der Waals surface area contributed by atoms with Crippen molar-refractivity contribution in [3.63, 3.8) is 0 Å². The Balaban J connectivity index is 2.78. The minimum Gasteiger partial charge on any atom is -0.467 e. The molecule has 0 amide bonds. The van der Waals surface area contributed by atoms with E-state index in [1.54, 1.807) is 0 Å². The van der Waals surface area contributed by atoms with Gasteiger partial charge in [0.25, 0.3) is 0 Å². The summed E-state index contributed by atoms with van der Waals surface area (Å²) in [6.45, 7) is -0.571. The third kappa shape index (κ3) is 2.27. The van der Waals surface area contributed by atoms with Crippen molar-refractivity contribution in [3.05, 3.63) is 0 Å². The Morgan fingerprint density at radius 3 is 2.33 bits per heavy atom. The molecule has 1 rings (SSSR count). The van der Waals surface area contributed by atoms with Crippen molar-refractivity contribution in [1.82, 2.24) is 0 Å². The number of carbonyl (C=O) groups excluding carboxylic acids is 1. The Hall–Kier alpha value is -0.730. The number of carbonyl (C=O) groups is 1. The predicted molar refractivity (Wildman–Crippen MR) is 45.8 cm³/mol. The molecule has 1 aliphatic rings. The molecule has 7 nitrogen and oxygen atoms in total. The second kappa shape index (κ2) is 4.86. The van der Waals surface area contributed by atoms with E-state index in [1.807, 2.05) is 0 Å². The van der Waals surface area contributed by atoms with Gasteiger partial charge in [-0.25, -0.2) is 4.79 Å². The summed E-state index contributed by atoms with van der Waals surface area (Å²) in [6.07, 6.45) is -7.08. The van der Waals surface area contributed by atoms with Gasteiger partial charge in [-0.05, 0) is 0 Å². The number of aliphatic hydroxyl groups excluding tert-OH is 4. The SMILES string of the molecule is COC(=O)[C@@H]1O[C@H](CO)[C@@H](O)[C@H](O)[C@H]1O. The molecule has 15 heavy (non-hydrogen) atoms. The molecule has 7 heteroatoms. The summed E-state index contributed by atoms with van der Waals surface area (Å²) in [5, 5.41) is 36.9. The molecule has 5 atom stereocenters. The molecule has 0 saturated carbocycles. The minimum absolute atomic E-state index is 0.571. The molecule has 0 aliphatic carbocycles. The third-order valence-corrected chi connectivity index (χ3v) is 2.33. The fraction of sp³-hybridized carbons (Fsp3) is 0.875. The molecular formula is C8H14O7. The molecule has 0 radical (unpaired) electrons. The first kappa shape index (κ1) is 12.3. The lowest BCUT2D eigenvalue weighted by Gasteiger charge is -2.38. The molecule has 88 valence electrons. The van der Waals surface area contributed by atoms with Gasteiger partial charge in [-0.15, -0.1) is 0 Å². The Kier molecular flexibility index (Phi) is 4.00. The van der Waals surface area contributed by atoms with E-state index in [4.69, 9.17) is 9.84 Å². The molecule has 4 N–H and O–H groups in total. The van der Waals surface area contributed by atoms with Gasteiger partial charge in [0, 0.05) is 0 Å². The van der Waals surface area contributed by atoms with Crippen LogP contribution in [0.3, 0.4) is 0 Å². The van der Waals surface area contributed by atoms with Crippen molar-refractivity contribution in [1.29, 1.82) is 0 Å².